The number of rotatable bonds is 1. The first kappa shape index (κ1) is 10.3. The largest absolute Gasteiger partial charge is 0.371 e. The molecular weight excluding hydrogens is 210 g/mol. The molecule has 2 heterocycles. The van der Waals surface area contributed by atoms with E-state index in [1.807, 2.05) is 0 Å². The third-order valence-electron chi connectivity index (χ3n) is 2.49. The van der Waals surface area contributed by atoms with E-state index in [0.29, 0.717) is 17.0 Å². The lowest BCUT2D eigenvalue weighted by Gasteiger charge is -2.10. The molecule has 0 aliphatic heterocycles. The van der Waals surface area contributed by atoms with Gasteiger partial charge < -0.3 is 9.88 Å². The van der Waals surface area contributed by atoms with Crippen molar-refractivity contribution in [3.8, 4) is 0 Å². The molecule has 0 atom stereocenters. The highest BCUT2D eigenvalue weighted by Crippen LogP contribution is 2.13. The van der Waals surface area contributed by atoms with Crippen molar-refractivity contribution in [2.24, 2.45) is 14.1 Å². The van der Waals surface area contributed by atoms with E-state index in [1.165, 1.54) is 29.6 Å². The summed E-state index contributed by atoms with van der Waals surface area (Å²) in [7, 11) is 4.73. The van der Waals surface area contributed by atoms with Crippen molar-refractivity contribution in [2.45, 2.75) is 0 Å². The molecule has 2 rings (SSSR count). The second-order valence-electron chi connectivity index (χ2n) is 3.37. The number of fused-ring (bicyclic) bond motifs is 1. The van der Waals surface area contributed by atoms with Gasteiger partial charge in [-0.15, -0.1) is 0 Å². The molecule has 0 aliphatic carbocycles. The monoisotopic (exact) mass is 221 g/mol. The van der Waals surface area contributed by atoms with Crippen molar-refractivity contribution in [1.82, 2.24) is 19.1 Å². The summed E-state index contributed by atoms with van der Waals surface area (Å²) in [5, 5.41) is 2.86. The fourth-order valence-electron chi connectivity index (χ4n) is 1.59. The number of hydrogen-bond donors (Lipinski definition) is 1. The van der Waals surface area contributed by atoms with Crippen molar-refractivity contribution < 1.29 is 0 Å². The van der Waals surface area contributed by atoms with Crippen LogP contribution in [-0.2, 0) is 14.1 Å². The molecule has 16 heavy (non-hydrogen) atoms. The summed E-state index contributed by atoms with van der Waals surface area (Å²) in [4.78, 5) is 31.2. The van der Waals surface area contributed by atoms with Gasteiger partial charge in [0.2, 0.25) is 0 Å². The summed E-state index contributed by atoms with van der Waals surface area (Å²) >= 11 is 0. The summed E-state index contributed by atoms with van der Waals surface area (Å²) in [6, 6.07) is 0. The van der Waals surface area contributed by atoms with Gasteiger partial charge in [0.05, 0.1) is 0 Å². The number of hydrogen-bond acceptors (Lipinski definition) is 5. The summed E-state index contributed by atoms with van der Waals surface area (Å²) in [6.07, 6.45) is 1.35. The Morgan fingerprint density at radius 1 is 1.12 bits per heavy atom. The first-order chi connectivity index (χ1) is 7.57. The van der Waals surface area contributed by atoms with E-state index in [4.69, 9.17) is 0 Å². The average Bonchev–Trinajstić information content (AvgIpc) is 2.32. The van der Waals surface area contributed by atoms with E-state index in [2.05, 4.69) is 15.3 Å². The molecule has 7 nitrogen and oxygen atoms in total. The predicted octanol–water partition coefficient (Wildman–Crippen LogP) is -0.931. The molecule has 2 aromatic rings. The first-order valence-electron chi connectivity index (χ1n) is 4.66. The van der Waals surface area contributed by atoms with Gasteiger partial charge >= 0.3 is 11.1 Å². The van der Waals surface area contributed by atoms with Gasteiger partial charge in [0.1, 0.15) is 11.8 Å². The van der Waals surface area contributed by atoms with Crippen molar-refractivity contribution in [2.75, 3.05) is 12.4 Å². The van der Waals surface area contributed by atoms with Crippen molar-refractivity contribution in [3.05, 3.63) is 27.0 Å². The quantitative estimate of drug-likeness (QED) is 0.629. The van der Waals surface area contributed by atoms with E-state index in [0.717, 1.165) is 0 Å². The lowest BCUT2D eigenvalue weighted by molar-refractivity contribution is 0.785. The van der Waals surface area contributed by atoms with Gasteiger partial charge in [-0.2, -0.15) is 0 Å². The molecule has 0 aromatic carbocycles. The summed E-state index contributed by atoms with van der Waals surface area (Å²) in [6.45, 7) is 0. The van der Waals surface area contributed by atoms with Gasteiger partial charge in [0.15, 0.2) is 11.5 Å². The van der Waals surface area contributed by atoms with Crippen LogP contribution in [0.1, 0.15) is 0 Å². The fourth-order valence-corrected chi connectivity index (χ4v) is 1.59. The zero-order valence-corrected chi connectivity index (χ0v) is 9.18. The summed E-state index contributed by atoms with van der Waals surface area (Å²) < 4.78 is 2.48. The van der Waals surface area contributed by atoms with Crippen LogP contribution in [0.4, 0.5) is 5.82 Å². The molecule has 0 fully saturated rings. The minimum atomic E-state index is -0.601. The number of anilines is 1. The van der Waals surface area contributed by atoms with Crippen molar-refractivity contribution in [1.29, 1.82) is 0 Å². The lowest BCUT2D eigenvalue weighted by Crippen LogP contribution is -2.39. The molecular formula is C9H11N5O2. The number of nitrogens with one attached hydrogen (secondary N) is 1. The second kappa shape index (κ2) is 3.44. The number of nitrogens with zero attached hydrogens (tertiary/aromatic N) is 4. The Morgan fingerprint density at radius 2 is 1.75 bits per heavy atom. The van der Waals surface area contributed by atoms with E-state index in [-0.39, 0.29) is 0 Å². The molecule has 0 spiro atoms. The SMILES string of the molecule is CNc1ncnc2c1n(C)c(=O)c(=O)n2C. The Kier molecular flexibility index (Phi) is 2.22. The van der Waals surface area contributed by atoms with Gasteiger partial charge in [-0.3, -0.25) is 14.2 Å². The highest BCUT2D eigenvalue weighted by molar-refractivity contribution is 5.82. The third-order valence-corrected chi connectivity index (χ3v) is 2.49. The van der Waals surface area contributed by atoms with E-state index >= 15 is 0 Å². The Bertz CT molecular complexity index is 670. The summed E-state index contributed by atoms with van der Waals surface area (Å²) in [5.74, 6) is 0.514. The summed E-state index contributed by atoms with van der Waals surface area (Å²) in [5.41, 5.74) is -0.263. The molecule has 7 heteroatoms. The van der Waals surface area contributed by atoms with Crippen LogP contribution >= 0.6 is 0 Å². The molecule has 0 aliphatic rings. The third kappa shape index (κ3) is 1.21. The first-order valence-corrected chi connectivity index (χ1v) is 4.66. The second-order valence-corrected chi connectivity index (χ2v) is 3.37. The molecule has 1 N–H and O–H groups in total. The molecule has 0 saturated heterocycles. The predicted molar refractivity (Wildman–Crippen MR) is 59.6 cm³/mol. The maximum atomic E-state index is 11.6. The molecule has 0 bridgehead atoms. The highest BCUT2D eigenvalue weighted by atomic mass is 16.2. The van der Waals surface area contributed by atoms with Crippen LogP contribution in [-0.4, -0.2) is 26.1 Å². The molecule has 84 valence electrons. The topological polar surface area (TPSA) is 81.8 Å². The Hall–Kier alpha value is -2.18. The van der Waals surface area contributed by atoms with Crippen LogP contribution in [0.3, 0.4) is 0 Å². The molecule has 0 unspecified atom stereocenters. The highest BCUT2D eigenvalue weighted by Gasteiger charge is 2.12. The normalized spacial score (nSPS) is 10.7. The van der Waals surface area contributed by atoms with Gasteiger partial charge in [0.25, 0.3) is 0 Å². The number of aryl methyl sites for hydroxylation is 2. The lowest BCUT2D eigenvalue weighted by atomic mass is 10.4. The molecule has 0 radical (unpaired) electrons. The van der Waals surface area contributed by atoms with Crippen LogP contribution in [0.5, 0.6) is 0 Å². The fraction of sp³-hybridized carbons (Fsp3) is 0.333. The van der Waals surface area contributed by atoms with Crippen molar-refractivity contribution in [3.63, 3.8) is 0 Å². The number of aromatic nitrogens is 4. The minimum absolute atomic E-state index is 0.423. The standard InChI is InChI=1S/C9H11N5O2/c1-10-6-5-7(12-4-11-6)14(3)9(16)8(15)13(5)2/h4H,1-3H3,(H,10,11,12). The molecule has 0 saturated carbocycles. The molecule has 2 aromatic heterocycles. The van der Waals surface area contributed by atoms with Gasteiger partial charge in [-0.25, -0.2) is 9.97 Å². The van der Waals surface area contributed by atoms with Gasteiger partial charge in [-0.1, -0.05) is 0 Å². The Balaban J connectivity index is 3.15. The zero-order chi connectivity index (χ0) is 11.9. The van der Waals surface area contributed by atoms with Gasteiger partial charge in [0, 0.05) is 21.1 Å². The zero-order valence-electron chi connectivity index (χ0n) is 9.18. The van der Waals surface area contributed by atoms with Crippen LogP contribution in [0, 0.1) is 0 Å². The molecule has 0 amide bonds. The van der Waals surface area contributed by atoms with E-state index in [9.17, 15) is 9.59 Å². The van der Waals surface area contributed by atoms with E-state index < -0.39 is 11.1 Å². The van der Waals surface area contributed by atoms with Crippen LogP contribution < -0.4 is 16.4 Å². The Morgan fingerprint density at radius 3 is 2.38 bits per heavy atom. The van der Waals surface area contributed by atoms with Crippen molar-refractivity contribution >= 4 is 17.0 Å². The average molecular weight is 221 g/mol. The Labute approximate surface area is 90.4 Å². The van der Waals surface area contributed by atoms with Crippen LogP contribution in [0.25, 0.3) is 11.2 Å². The maximum absolute atomic E-state index is 11.6. The minimum Gasteiger partial charge on any atom is -0.371 e. The van der Waals surface area contributed by atoms with E-state index in [1.54, 1.807) is 7.05 Å². The smallest absolute Gasteiger partial charge is 0.317 e. The van der Waals surface area contributed by atoms with Gasteiger partial charge in [-0.05, 0) is 0 Å². The van der Waals surface area contributed by atoms with Crippen LogP contribution in [0.15, 0.2) is 15.9 Å². The maximum Gasteiger partial charge on any atom is 0.317 e. The van der Waals surface area contributed by atoms with Crippen LogP contribution in [0.2, 0.25) is 0 Å².